The normalized spacial score (nSPS) is 11.7. The van der Waals surface area contributed by atoms with E-state index in [9.17, 15) is 22.8 Å². The molecule has 0 aliphatic heterocycles. The molecule has 0 spiro atoms. The van der Waals surface area contributed by atoms with Crippen LogP contribution in [0.1, 0.15) is 26.3 Å². The summed E-state index contributed by atoms with van der Waals surface area (Å²) in [5.74, 6) is -2.03. The molecule has 0 aromatic heterocycles. The smallest absolute Gasteiger partial charge is 0.444 e. The number of ether oxygens (including phenoxy) is 1. The van der Waals surface area contributed by atoms with E-state index in [0.717, 1.165) is 5.56 Å². The van der Waals surface area contributed by atoms with Gasteiger partial charge in [-0.25, -0.2) is 4.79 Å². The Hall–Kier alpha value is -3.03. The molecule has 0 atom stereocenters. The summed E-state index contributed by atoms with van der Waals surface area (Å²) in [6.07, 6.45) is -5.09. The molecule has 0 aliphatic rings. The number of alkyl carbamates (subject to hydrolysis) is 1. The highest BCUT2D eigenvalue weighted by molar-refractivity contribution is 5.98. The van der Waals surface area contributed by atoms with Gasteiger partial charge in [0.2, 0.25) is 0 Å². The minimum absolute atomic E-state index is 0.0578. The van der Waals surface area contributed by atoms with Crippen molar-refractivity contribution in [2.75, 3.05) is 11.9 Å². The maximum Gasteiger partial charge on any atom is 0.471 e. The number of amides is 2. The first-order chi connectivity index (χ1) is 13.5. The zero-order chi connectivity index (χ0) is 21.7. The lowest BCUT2D eigenvalue weighted by molar-refractivity contribution is -0.167. The lowest BCUT2D eigenvalue weighted by Crippen LogP contribution is -2.33. The predicted octanol–water partition coefficient (Wildman–Crippen LogP) is 4.92. The van der Waals surface area contributed by atoms with Crippen molar-refractivity contribution in [3.8, 4) is 11.1 Å². The van der Waals surface area contributed by atoms with E-state index in [-0.39, 0.29) is 12.2 Å². The SMILES string of the molecule is CC(C)(C)OC(=O)NCCc1ccc(NC(=O)C(F)(F)F)c(-c2ccccc2)c1. The van der Waals surface area contributed by atoms with Crippen molar-refractivity contribution in [1.29, 1.82) is 0 Å². The van der Waals surface area contributed by atoms with Gasteiger partial charge in [0.25, 0.3) is 0 Å². The van der Waals surface area contributed by atoms with Crippen molar-refractivity contribution in [2.45, 2.75) is 39.0 Å². The monoisotopic (exact) mass is 408 g/mol. The lowest BCUT2D eigenvalue weighted by atomic mass is 9.99. The maximum atomic E-state index is 12.6. The molecule has 0 radical (unpaired) electrons. The lowest BCUT2D eigenvalue weighted by Gasteiger charge is -2.19. The van der Waals surface area contributed by atoms with Crippen LogP contribution in [0.4, 0.5) is 23.7 Å². The Kier molecular flexibility index (Phi) is 6.89. The van der Waals surface area contributed by atoms with Gasteiger partial charge in [-0.3, -0.25) is 4.79 Å². The van der Waals surface area contributed by atoms with E-state index in [4.69, 9.17) is 4.74 Å². The molecule has 2 N–H and O–H groups in total. The van der Waals surface area contributed by atoms with Gasteiger partial charge >= 0.3 is 18.2 Å². The Bertz CT molecular complexity index is 860. The minimum Gasteiger partial charge on any atom is -0.444 e. The highest BCUT2D eigenvalue weighted by Crippen LogP contribution is 2.30. The zero-order valence-electron chi connectivity index (χ0n) is 16.4. The summed E-state index contributed by atoms with van der Waals surface area (Å²) in [7, 11) is 0. The van der Waals surface area contributed by atoms with Crippen LogP contribution in [0.15, 0.2) is 48.5 Å². The molecule has 0 fully saturated rings. The topological polar surface area (TPSA) is 67.4 Å². The number of benzene rings is 2. The second-order valence-corrected chi connectivity index (χ2v) is 7.38. The highest BCUT2D eigenvalue weighted by Gasteiger charge is 2.39. The predicted molar refractivity (Wildman–Crippen MR) is 105 cm³/mol. The molecule has 156 valence electrons. The van der Waals surface area contributed by atoms with Gasteiger partial charge in [0, 0.05) is 17.8 Å². The molecule has 0 saturated heterocycles. The van der Waals surface area contributed by atoms with Crippen LogP contribution in [-0.2, 0) is 16.0 Å². The van der Waals surface area contributed by atoms with E-state index in [1.54, 1.807) is 63.2 Å². The molecule has 0 bridgehead atoms. The van der Waals surface area contributed by atoms with Crippen molar-refractivity contribution in [2.24, 2.45) is 0 Å². The minimum atomic E-state index is -4.98. The van der Waals surface area contributed by atoms with Crippen LogP contribution in [0.25, 0.3) is 11.1 Å². The molecule has 0 unspecified atom stereocenters. The van der Waals surface area contributed by atoms with Crippen LogP contribution >= 0.6 is 0 Å². The van der Waals surface area contributed by atoms with Crippen molar-refractivity contribution in [3.63, 3.8) is 0 Å². The quantitative estimate of drug-likeness (QED) is 0.738. The average molecular weight is 408 g/mol. The summed E-state index contributed by atoms with van der Waals surface area (Å²) in [4.78, 5) is 23.1. The fourth-order valence-corrected chi connectivity index (χ4v) is 2.53. The molecular weight excluding hydrogens is 385 g/mol. The molecular formula is C21H23F3N2O3. The first-order valence-corrected chi connectivity index (χ1v) is 8.99. The number of hydrogen-bond donors (Lipinski definition) is 2. The van der Waals surface area contributed by atoms with E-state index in [2.05, 4.69) is 5.32 Å². The molecule has 2 aromatic rings. The van der Waals surface area contributed by atoms with Crippen LogP contribution in [-0.4, -0.2) is 30.3 Å². The number of halogens is 3. The molecule has 2 amide bonds. The van der Waals surface area contributed by atoms with Crippen LogP contribution < -0.4 is 10.6 Å². The maximum absolute atomic E-state index is 12.6. The van der Waals surface area contributed by atoms with E-state index in [1.165, 1.54) is 6.07 Å². The number of carbonyl (C=O) groups excluding carboxylic acids is 2. The molecule has 5 nitrogen and oxygen atoms in total. The van der Waals surface area contributed by atoms with Gasteiger partial charge in [-0.1, -0.05) is 36.4 Å². The van der Waals surface area contributed by atoms with Gasteiger partial charge in [0.05, 0.1) is 0 Å². The molecule has 0 aliphatic carbocycles. The molecule has 2 rings (SSSR count). The largest absolute Gasteiger partial charge is 0.471 e. The summed E-state index contributed by atoms with van der Waals surface area (Å²) in [6, 6.07) is 13.5. The highest BCUT2D eigenvalue weighted by atomic mass is 19.4. The second-order valence-electron chi connectivity index (χ2n) is 7.38. The van der Waals surface area contributed by atoms with E-state index >= 15 is 0 Å². The van der Waals surface area contributed by atoms with Gasteiger partial charge in [-0.2, -0.15) is 13.2 Å². The Morgan fingerprint density at radius 1 is 1.00 bits per heavy atom. The molecule has 8 heteroatoms. The molecule has 29 heavy (non-hydrogen) atoms. The zero-order valence-corrected chi connectivity index (χ0v) is 16.4. The van der Waals surface area contributed by atoms with Crippen LogP contribution in [0.3, 0.4) is 0 Å². The van der Waals surface area contributed by atoms with Crippen LogP contribution in [0, 0.1) is 0 Å². The number of anilines is 1. The van der Waals surface area contributed by atoms with Gasteiger partial charge in [0.1, 0.15) is 5.60 Å². The summed E-state index contributed by atoms with van der Waals surface area (Å²) >= 11 is 0. The summed E-state index contributed by atoms with van der Waals surface area (Å²) in [5, 5.41) is 4.56. The van der Waals surface area contributed by atoms with E-state index in [1.807, 2.05) is 5.32 Å². The van der Waals surface area contributed by atoms with Crippen LogP contribution in [0.5, 0.6) is 0 Å². The molecule has 0 saturated carbocycles. The second kappa shape index (κ2) is 8.98. The third kappa shape index (κ3) is 7.14. The van der Waals surface area contributed by atoms with Crippen molar-refractivity contribution >= 4 is 17.7 Å². The Morgan fingerprint density at radius 2 is 1.66 bits per heavy atom. The third-order valence-electron chi connectivity index (χ3n) is 3.76. The van der Waals surface area contributed by atoms with E-state index in [0.29, 0.717) is 17.5 Å². The fourth-order valence-electron chi connectivity index (χ4n) is 2.53. The van der Waals surface area contributed by atoms with E-state index < -0.39 is 23.8 Å². The van der Waals surface area contributed by atoms with Gasteiger partial charge in [-0.05, 0) is 50.5 Å². The molecule has 2 aromatic carbocycles. The Labute approximate surface area is 167 Å². The summed E-state index contributed by atoms with van der Waals surface area (Å²) in [5.41, 5.74) is 1.35. The number of nitrogens with one attached hydrogen (secondary N) is 2. The third-order valence-corrected chi connectivity index (χ3v) is 3.76. The standard InChI is InChI=1S/C21H23F3N2O3/c1-20(2,3)29-19(28)25-12-11-14-9-10-17(26-18(27)21(22,23)24)16(13-14)15-7-5-4-6-8-15/h4-10,13H,11-12H2,1-3H3,(H,25,28)(H,26,27). The molecule has 0 heterocycles. The summed E-state index contributed by atoms with van der Waals surface area (Å²) < 4.78 is 43.1. The van der Waals surface area contributed by atoms with Crippen LogP contribution in [0.2, 0.25) is 0 Å². The Balaban J connectivity index is 2.17. The summed E-state index contributed by atoms with van der Waals surface area (Å²) in [6.45, 7) is 5.56. The van der Waals surface area contributed by atoms with Gasteiger partial charge in [-0.15, -0.1) is 0 Å². The fraction of sp³-hybridized carbons (Fsp3) is 0.333. The van der Waals surface area contributed by atoms with Crippen molar-refractivity contribution < 1.29 is 27.5 Å². The number of carbonyl (C=O) groups is 2. The van der Waals surface area contributed by atoms with Gasteiger partial charge in [0.15, 0.2) is 0 Å². The number of rotatable bonds is 5. The Morgan fingerprint density at radius 3 is 2.24 bits per heavy atom. The first-order valence-electron chi connectivity index (χ1n) is 8.99. The van der Waals surface area contributed by atoms with Gasteiger partial charge < -0.3 is 15.4 Å². The number of alkyl halides is 3. The van der Waals surface area contributed by atoms with Crippen molar-refractivity contribution in [1.82, 2.24) is 5.32 Å². The van der Waals surface area contributed by atoms with Crippen molar-refractivity contribution in [3.05, 3.63) is 54.1 Å². The average Bonchev–Trinajstić information content (AvgIpc) is 2.61. The number of hydrogen-bond acceptors (Lipinski definition) is 3. The first kappa shape index (κ1) is 22.3.